The van der Waals surface area contributed by atoms with Gasteiger partial charge in [-0.25, -0.2) is 0 Å². The average molecular weight is 352 g/mol. The number of aryl methyl sites for hydroxylation is 2. The van der Waals surface area contributed by atoms with Crippen molar-refractivity contribution in [1.29, 1.82) is 0 Å². The highest BCUT2D eigenvalue weighted by atomic mass is 16.2. The molecule has 0 saturated carbocycles. The minimum absolute atomic E-state index is 0.308. The molecule has 5 nitrogen and oxygen atoms in total. The number of H-pyrrole nitrogens is 1. The SMILES string of the molecule is O=C(CCCc1cn[nH]c1)N1CCN([C@@H]2CCc3ccccc3C2)CC1. The van der Waals surface area contributed by atoms with Gasteiger partial charge in [0, 0.05) is 44.8 Å². The lowest BCUT2D eigenvalue weighted by molar-refractivity contribution is -0.133. The maximum Gasteiger partial charge on any atom is 0.222 e. The number of carbonyl (C=O) groups is 1. The van der Waals surface area contributed by atoms with Crippen molar-refractivity contribution < 1.29 is 4.79 Å². The molecule has 0 spiro atoms. The van der Waals surface area contributed by atoms with Gasteiger partial charge < -0.3 is 4.90 Å². The zero-order valence-corrected chi connectivity index (χ0v) is 15.4. The fourth-order valence-corrected chi connectivity index (χ4v) is 4.34. The first-order valence-corrected chi connectivity index (χ1v) is 9.86. The molecule has 0 unspecified atom stereocenters. The minimum atomic E-state index is 0.308. The lowest BCUT2D eigenvalue weighted by Crippen LogP contribution is -2.53. The summed E-state index contributed by atoms with van der Waals surface area (Å²) in [5.41, 5.74) is 4.22. The summed E-state index contributed by atoms with van der Waals surface area (Å²) < 4.78 is 0. The first-order valence-electron chi connectivity index (χ1n) is 9.86. The van der Waals surface area contributed by atoms with Gasteiger partial charge in [0.2, 0.25) is 5.91 Å². The van der Waals surface area contributed by atoms with E-state index in [0.717, 1.165) is 45.4 Å². The summed E-state index contributed by atoms with van der Waals surface area (Å²) >= 11 is 0. The Labute approximate surface area is 155 Å². The van der Waals surface area contributed by atoms with Gasteiger partial charge in [0.25, 0.3) is 0 Å². The van der Waals surface area contributed by atoms with Gasteiger partial charge in [0.05, 0.1) is 6.20 Å². The monoisotopic (exact) mass is 352 g/mol. The van der Waals surface area contributed by atoms with Crippen molar-refractivity contribution in [3.63, 3.8) is 0 Å². The van der Waals surface area contributed by atoms with Crippen LogP contribution in [-0.4, -0.2) is 58.1 Å². The van der Waals surface area contributed by atoms with Crippen LogP contribution in [0.3, 0.4) is 0 Å². The second-order valence-electron chi connectivity index (χ2n) is 7.54. The predicted molar refractivity (Wildman–Crippen MR) is 102 cm³/mol. The summed E-state index contributed by atoms with van der Waals surface area (Å²) in [6.45, 7) is 3.78. The summed E-state index contributed by atoms with van der Waals surface area (Å²) in [5, 5.41) is 6.77. The van der Waals surface area contributed by atoms with Crippen LogP contribution >= 0.6 is 0 Å². The first-order chi connectivity index (χ1) is 12.8. The number of aromatic nitrogens is 2. The van der Waals surface area contributed by atoms with Crippen molar-refractivity contribution in [2.75, 3.05) is 26.2 Å². The van der Waals surface area contributed by atoms with Gasteiger partial charge in [-0.3, -0.25) is 14.8 Å². The van der Waals surface area contributed by atoms with E-state index in [1.54, 1.807) is 0 Å². The quantitative estimate of drug-likeness (QED) is 0.899. The van der Waals surface area contributed by atoms with E-state index in [4.69, 9.17) is 0 Å². The van der Waals surface area contributed by atoms with E-state index >= 15 is 0 Å². The lowest BCUT2D eigenvalue weighted by Gasteiger charge is -2.41. The highest BCUT2D eigenvalue weighted by Crippen LogP contribution is 2.25. The summed E-state index contributed by atoms with van der Waals surface area (Å²) in [5.74, 6) is 0.308. The Balaban J connectivity index is 1.22. The third-order valence-corrected chi connectivity index (χ3v) is 5.92. The van der Waals surface area contributed by atoms with Gasteiger partial charge in [-0.1, -0.05) is 24.3 Å². The zero-order chi connectivity index (χ0) is 17.8. The Morgan fingerprint density at radius 1 is 1.15 bits per heavy atom. The van der Waals surface area contributed by atoms with Crippen LogP contribution in [0.25, 0.3) is 0 Å². The van der Waals surface area contributed by atoms with Gasteiger partial charge >= 0.3 is 0 Å². The number of hydrogen-bond donors (Lipinski definition) is 1. The molecule has 4 rings (SSSR count). The van der Waals surface area contributed by atoms with Crippen molar-refractivity contribution in [2.45, 2.75) is 44.6 Å². The maximum absolute atomic E-state index is 12.5. The molecule has 5 heteroatoms. The van der Waals surface area contributed by atoms with Crippen LogP contribution < -0.4 is 0 Å². The van der Waals surface area contributed by atoms with Crippen molar-refractivity contribution >= 4 is 5.91 Å². The van der Waals surface area contributed by atoms with Gasteiger partial charge in [-0.15, -0.1) is 0 Å². The molecule has 1 amide bonds. The molecule has 1 aliphatic heterocycles. The fraction of sp³-hybridized carbons (Fsp3) is 0.524. The lowest BCUT2D eigenvalue weighted by atomic mass is 9.87. The Morgan fingerprint density at radius 2 is 1.96 bits per heavy atom. The van der Waals surface area contributed by atoms with E-state index in [1.807, 2.05) is 12.4 Å². The van der Waals surface area contributed by atoms with E-state index in [2.05, 4.69) is 44.3 Å². The Hall–Kier alpha value is -2.14. The molecule has 138 valence electrons. The van der Waals surface area contributed by atoms with Crippen molar-refractivity contribution in [2.24, 2.45) is 0 Å². The number of aromatic amines is 1. The fourth-order valence-electron chi connectivity index (χ4n) is 4.34. The molecule has 0 bridgehead atoms. The number of piperazine rings is 1. The highest BCUT2D eigenvalue weighted by Gasteiger charge is 2.28. The second kappa shape index (κ2) is 8.04. The van der Waals surface area contributed by atoms with Crippen LogP contribution in [0.5, 0.6) is 0 Å². The maximum atomic E-state index is 12.5. The van der Waals surface area contributed by atoms with Crippen LogP contribution in [0.2, 0.25) is 0 Å². The Kier molecular flexibility index (Phi) is 5.34. The number of rotatable bonds is 5. The number of nitrogens with zero attached hydrogens (tertiary/aromatic N) is 3. The minimum Gasteiger partial charge on any atom is -0.340 e. The van der Waals surface area contributed by atoms with E-state index in [9.17, 15) is 4.79 Å². The molecule has 1 aliphatic carbocycles. The molecule has 1 atom stereocenters. The number of fused-ring (bicyclic) bond motifs is 1. The van der Waals surface area contributed by atoms with E-state index in [-0.39, 0.29) is 0 Å². The molecule has 26 heavy (non-hydrogen) atoms. The van der Waals surface area contributed by atoms with Gasteiger partial charge in [0.1, 0.15) is 0 Å². The van der Waals surface area contributed by atoms with Gasteiger partial charge in [-0.05, 0) is 48.8 Å². The molecule has 2 aromatic rings. The Morgan fingerprint density at radius 3 is 2.73 bits per heavy atom. The third kappa shape index (κ3) is 3.98. The molecular formula is C21H28N4O. The zero-order valence-electron chi connectivity index (χ0n) is 15.4. The van der Waals surface area contributed by atoms with Crippen LogP contribution in [0.1, 0.15) is 36.0 Å². The van der Waals surface area contributed by atoms with Crippen LogP contribution in [0, 0.1) is 0 Å². The normalized spacial score (nSPS) is 20.8. The van der Waals surface area contributed by atoms with Crippen molar-refractivity contribution in [3.8, 4) is 0 Å². The molecule has 0 radical (unpaired) electrons. The van der Waals surface area contributed by atoms with Crippen molar-refractivity contribution in [1.82, 2.24) is 20.0 Å². The van der Waals surface area contributed by atoms with Crippen LogP contribution in [0.4, 0.5) is 0 Å². The summed E-state index contributed by atoms with van der Waals surface area (Å²) in [6, 6.07) is 9.49. The second-order valence-corrected chi connectivity index (χ2v) is 7.54. The molecule has 2 heterocycles. The number of carbonyl (C=O) groups excluding carboxylic acids is 1. The molecule has 1 aromatic carbocycles. The number of amides is 1. The summed E-state index contributed by atoms with van der Waals surface area (Å²) in [7, 11) is 0. The van der Waals surface area contributed by atoms with Crippen LogP contribution in [0.15, 0.2) is 36.7 Å². The van der Waals surface area contributed by atoms with Crippen LogP contribution in [-0.2, 0) is 24.1 Å². The highest BCUT2D eigenvalue weighted by molar-refractivity contribution is 5.76. The standard InChI is InChI=1S/C21H28N4O/c26-21(7-3-4-17-15-22-23-16-17)25-12-10-24(11-13-25)20-9-8-18-5-1-2-6-19(18)14-20/h1-2,5-6,15-16,20H,3-4,7-14H2,(H,22,23)/t20-/m1/s1. The van der Waals surface area contributed by atoms with E-state index in [0.29, 0.717) is 18.4 Å². The summed E-state index contributed by atoms with van der Waals surface area (Å²) in [6.07, 6.45) is 9.80. The Bertz CT molecular complexity index is 719. The molecule has 2 aliphatic rings. The largest absolute Gasteiger partial charge is 0.340 e. The third-order valence-electron chi connectivity index (χ3n) is 5.92. The van der Waals surface area contributed by atoms with Gasteiger partial charge in [-0.2, -0.15) is 5.10 Å². The molecule has 1 aromatic heterocycles. The first kappa shape index (κ1) is 17.3. The molecule has 1 N–H and O–H groups in total. The number of benzene rings is 1. The van der Waals surface area contributed by atoms with E-state index < -0.39 is 0 Å². The molecule has 1 fully saturated rings. The number of hydrogen-bond acceptors (Lipinski definition) is 3. The molecule has 1 saturated heterocycles. The van der Waals surface area contributed by atoms with E-state index in [1.165, 1.54) is 29.5 Å². The van der Waals surface area contributed by atoms with Gasteiger partial charge in [0.15, 0.2) is 0 Å². The molecular weight excluding hydrogens is 324 g/mol. The topological polar surface area (TPSA) is 52.2 Å². The number of nitrogens with one attached hydrogen (secondary N) is 1. The predicted octanol–water partition coefficient (Wildman–Crippen LogP) is 2.43. The van der Waals surface area contributed by atoms with Crippen molar-refractivity contribution in [3.05, 3.63) is 53.3 Å². The average Bonchev–Trinajstić information content (AvgIpc) is 3.21. The smallest absolute Gasteiger partial charge is 0.222 e. The summed E-state index contributed by atoms with van der Waals surface area (Å²) in [4.78, 5) is 17.1.